The summed E-state index contributed by atoms with van der Waals surface area (Å²) in [5.74, 6) is -1.76. The molecule has 0 saturated heterocycles. The zero-order valence-corrected chi connectivity index (χ0v) is 38.3. The minimum atomic E-state index is -4.84. The van der Waals surface area contributed by atoms with E-state index in [1.165, 1.54) is 179 Å². The molecule has 0 amide bonds. The van der Waals surface area contributed by atoms with Crippen molar-refractivity contribution >= 4 is 22.1 Å². The second kappa shape index (κ2) is 38.1. The van der Waals surface area contributed by atoms with Crippen molar-refractivity contribution in [2.24, 2.45) is 0 Å². The molecule has 310 valence electrons. The van der Waals surface area contributed by atoms with E-state index in [1.807, 2.05) is 0 Å². The summed E-state index contributed by atoms with van der Waals surface area (Å²) in [5.41, 5.74) is -0.496. The smallest absolute Gasteiger partial charge is 0.744 e. The molecule has 0 fully saturated rings. The third-order valence-corrected chi connectivity index (χ3v) is 11.0. The maximum atomic E-state index is 12.9. The molecule has 0 saturated carbocycles. The van der Waals surface area contributed by atoms with E-state index in [-0.39, 0.29) is 40.7 Å². The third-order valence-electron chi connectivity index (χ3n) is 10.2. The molecule has 0 aliphatic heterocycles. The van der Waals surface area contributed by atoms with Gasteiger partial charge in [0.05, 0.1) is 28.5 Å². The molecule has 0 heterocycles. The second-order valence-corrected chi connectivity index (χ2v) is 16.6. The van der Waals surface area contributed by atoms with Gasteiger partial charge in [-0.15, -0.1) is 0 Å². The number of hydrogen-bond donors (Lipinski definition) is 0. The van der Waals surface area contributed by atoms with Gasteiger partial charge in [-0.3, -0.25) is 0 Å². The van der Waals surface area contributed by atoms with Crippen molar-refractivity contribution in [3.8, 4) is 0 Å². The Labute approximate surface area is 359 Å². The molecule has 0 N–H and O–H groups in total. The Morgan fingerprint density at radius 2 is 0.782 bits per heavy atom. The maximum absolute atomic E-state index is 12.9. The van der Waals surface area contributed by atoms with Crippen LogP contribution in [0.4, 0.5) is 0 Å². The van der Waals surface area contributed by atoms with Crippen molar-refractivity contribution in [1.82, 2.24) is 0 Å². The Morgan fingerprint density at radius 1 is 0.491 bits per heavy atom. The molecule has 0 spiro atoms. The van der Waals surface area contributed by atoms with E-state index in [2.05, 4.69) is 13.8 Å². The molecule has 0 atom stereocenters. The van der Waals surface area contributed by atoms with Gasteiger partial charge in [0.15, 0.2) is 0 Å². The van der Waals surface area contributed by atoms with Gasteiger partial charge in [-0.05, 0) is 56.0 Å². The largest absolute Gasteiger partial charge is 1.00 e. The average Bonchev–Trinajstić information content (AvgIpc) is 3.16. The molecule has 0 bridgehead atoms. The third kappa shape index (κ3) is 31.3. The molecular weight excluding hydrogens is 720 g/mol. The normalized spacial score (nSPS) is 11.7. The van der Waals surface area contributed by atoms with Crippen LogP contribution in [0.25, 0.3) is 0 Å². The van der Waals surface area contributed by atoms with Gasteiger partial charge in [0, 0.05) is 0 Å². The van der Waals surface area contributed by atoms with Gasteiger partial charge in [0.2, 0.25) is 0 Å². The van der Waals surface area contributed by atoms with Gasteiger partial charge in [-0.1, -0.05) is 194 Å². The zero-order chi connectivity index (χ0) is 39.4. The van der Waals surface area contributed by atoms with Crippen LogP contribution in [0.2, 0.25) is 0 Å². The molecule has 1 aromatic rings. The van der Waals surface area contributed by atoms with Crippen LogP contribution < -0.4 is 29.6 Å². The monoisotopic (exact) mass is 797 g/mol. The summed E-state index contributed by atoms with van der Waals surface area (Å²) >= 11 is 0. The summed E-state index contributed by atoms with van der Waals surface area (Å²) in [6.45, 7) is 4.52. The molecule has 0 radical (unpaired) electrons. The molecule has 0 aromatic heterocycles. The van der Waals surface area contributed by atoms with Crippen LogP contribution in [-0.4, -0.2) is 24.9 Å². The zero-order valence-electron chi connectivity index (χ0n) is 35.4. The van der Waals surface area contributed by atoms with Gasteiger partial charge in [0.25, 0.3) is 0 Å². The molecule has 0 aliphatic rings. The number of allylic oxidation sites excluding steroid dienone is 2. The number of ether oxygens (including phenoxy) is 2. The maximum Gasteiger partial charge on any atom is 1.00 e. The van der Waals surface area contributed by atoms with Gasteiger partial charge in [-0.2, -0.15) is 0 Å². The van der Waals surface area contributed by atoms with Crippen LogP contribution in [0.3, 0.4) is 0 Å². The van der Waals surface area contributed by atoms with E-state index in [0.717, 1.165) is 56.7 Å². The van der Waals surface area contributed by atoms with Gasteiger partial charge in [-0.25, -0.2) is 18.0 Å². The fourth-order valence-corrected chi connectivity index (χ4v) is 7.27. The van der Waals surface area contributed by atoms with Crippen molar-refractivity contribution in [1.29, 1.82) is 0 Å². The van der Waals surface area contributed by atoms with Crippen LogP contribution in [0.1, 0.15) is 240 Å². The van der Waals surface area contributed by atoms with Crippen molar-refractivity contribution in [2.75, 3.05) is 0 Å². The predicted molar refractivity (Wildman–Crippen MR) is 223 cm³/mol. The first-order chi connectivity index (χ1) is 26.3. The number of carbonyl (C=O) groups excluding carboxylic acids is 2. The molecule has 55 heavy (non-hydrogen) atoms. The summed E-state index contributed by atoms with van der Waals surface area (Å²) in [5, 5.41) is 0. The first-order valence-electron chi connectivity index (χ1n) is 22.1. The van der Waals surface area contributed by atoms with Crippen molar-refractivity contribution in [3.63, 3.8) is 0 Å². The molecular formula is C46H77NaO7S. The summed E-state index contributed by atoms with van der Waals surface area (Å²) in [4.78, 5) is 25.1. The Balaban J connectivity index is 0.0000292. The van der Waals surface area contributed by atoms with Crippen LogP contribution in [-0.2, 0) is 19.6 Å². The minimum absolute atomic E-state index is 0. The molecule has 0 aliphatic carbocycles. The number of rotatable bonds is 37. The van der Waals surface area contributed by atoms with Gasteiger partial charge >= 0.3 is 41.5 Å². The van der Waals surface area contributed by atoms with E-state index in [1.54, 1.807) is 12.2 Å². The van der Waals surface area contributed by atoms with Crippen molar-refractivity contribution < 1.29 is 61.6 Å². The summed E-state index contributed by atoms with van der Waals surface area (Å²) in [6, 6.07) is 3.00. The first kappa shape index (κ1) is 53.6. The number of esters is 2. The molecule has 7 nitrogen and oxygen atoms in total. The standard InChI is InChI=1S/C46H78O7S.Na/c1-3-5-7-9-11-13-15-17-19-21-23-25-27-29-31-33-35-39-52-45(47)43-38-37-42(54(49,50)51)41-44(43)46(48)53-40-36-34-32-30-28-26-24-22-20-18-16-14-12-10-8-6-4-2;/h35-41H,3-34H2,1-2H3,(H,49,50,51);/q;+1/p-1/b39-35+,40-36+;. The first-order valence-corrected chi connectivity index (χ1v) is 23.5. The Hall–Kier alpha value is -1.45. The fourth-order valence-electron chi connectivity index (χ4n) is 6.78. The van der Waals surface area contributed by atoms with E-state index >= 15 is 0 Å². The van der Waals surface area contributed by atoms with Crippen molar-refractivity contribution in [3.05, 3.63) is 54.0 Å². The number of benzene rings is 1. The van der Waals surface area contributed by atoms with Crippen LogP contribution in [0, 0.1) is 0 Å². The topological polar surface area (TPSA) is 110 Å². The Morgan fingerprint density at radius 3 is 1.09 bits per heavy atom. The van der Waals surface area contributed by atoms with Crippen LogP contribution in [0.5, 0.6) is 0 Å². The Bertz CT molecular complexity index is 1240. The van der Waals surface area contributed by atoms with E-state index < -0.39 is 27.0 Å². The van der Waals surface area contributed by atoms with Crippen molar-refractivity contribution in [2.45, 2.75) is 224 Å². The quantitative estimate of drug-likeness (QED) is 0.0217. The van der Waals surface area contributed by atoms with Crippen LogP contribution in [0.15, 0.2) is 47.8 Å². The van der Waals surface area contributed by atoms with Gasteiger partial charge < -0.3 is 14.0 Å². The molecule has 9 heteroatoms. The molecule has 1 aromatic carbocycles. The Kier molecular flexibility index (Phi) is 37.1. The summed E-state index contributed by atoms with van der Waals surface area (Å²) in [6.07, 6.45) is 46.4. The van der Waals surface area contributed by atoms with E-state index in [4.69, 9.17) is 9.47 Å². The predicted octanol–water partition coefficient (Wildman–Crippen LogP) is 11.5. The molecule has 1 rings (SSSR count). The van der Waals surface area contributed by atoms with E-state index in [0.29, 0.717) is 0 Å². The van der Waals surface area contributed by atoms with E-state index in [9.17, 15) is 22.6 Å². The second-order valence-electron chi connectivity index (χ2n) is 15.2. The number of unbranched alkanes of at least 4 members (excludes halogenated alkanes) is 30. The van der Waals surface area contributed by atoms with Gasteiger partial charge in [0.1, 0.15) is 10.1 Å². The average molecular weight is 797 g/mol. The summed E-state index contributed by atoms with van der Waals surface area (Å²) < 4.78 is 45.3. The molecule has 0 unspecified atom stereocenters. The number of carbonyl (C=O) groups is 2. The minimum Gasteiger partial charge on any atom is -0.744 e. The summed E-state index contributed by atoms with van der Waals surface area (Å²) in [7, 11) is -4.84. The fraction of sp³-hybridized carbons (Fsp3) is 0.739. The number of hydrogen-bond acceptors (Lipinski definition) is 7. The SMILES string of the molecule is CCCCCCCCCCCCCCCCC/C=C/OC(=O)c1ccc(S(=O)(=O)[O-])cc1C(=O)O/C=C/CCCCCCCCCCCCCCCCC.[Na+]. The van der Waals surface area contributed by atoms with Crippen LogP contribution >= 0.6 is 0 Å².